The van der Waals surface area contributed by atoms with Crippen LogP contribution in [0.1, 0.15) is 45.0 Å². The second kappa shape index (κ2) is 26.8. The van der Waals surface area contributed by atoms with Crippen LogP contribution in [-0.2, 0) is 52.6 Å². The van der Waals surface area contributed by atoms with Gasteiger partial charge in [-0.2, -0.15) is 0 Å². The first-order valence-corrected chi connectivity index (χ1v) is 25.7. The van der Waals surface area contributed by atoms with Crippen LogP contribution in [-0.4, -0.2) is 90.9 Å². The molecular weight excluding hydrogens is 961 g/mol. The molecule has 0 aliphatic carbocycles. The van der Waals surface area contributed by atoms with E-state index in [-0.39, 0.29) is 48.7 Å². The predicted molar refractivity (Wildman–Crippen MR) is 291 cm³/mol. The van der Waals surface area contributed by atoms with Gasteiger partial charge in [0, 0.05) is 103 Å². The molecule has 8 aromatic rings. The Morgan fingerprint density at radius 2 is 0.447 bits per heavy atom. The molecule has 76 heavy (non-hydrogen) atoms. The molecule has 392 valence electrons. The Labute approximate surface area is 441 Å². The van der Waals surface area contributed by atoms with Crippen molar-refractivity contribution in [2.24, 2.45) is 0 Å². The molecule has 4 aromatic heterocycles. The van der Waals surface area contributed by atoms with Crippen molar-refractivity contribution in [1.82, 2.24) is 38.5 Å². The van der Waals surface area contributed by atoms with Crippen molar-refractivity contribution < 1.29 is 19.4 Å². The van der Waals surface area contributed by atoms with Gasteiger partial charge in [-0.15, -0.1) is 18.9 Å². The molecule has 0 atom stereocenters. The fourth-order valence-electron chi connectivity index (χ4n) is 9.11. The van der Waals surface area contributed by atoms with E-state index in [2.05, 4.69) is 19.6 Å². The molecule has 0 bridgehead atoms. The zero-order chi connectivity index (χ0) is 52.3. The van der Waals surface area contributed by atoms with Gasteiger partial charge < -0.3 is 19.4 Å². The molecule has 0 spiro atoms. The van der Waals surface area contributed by atoms with Gasteiger partial charge in [0.25, 0.3) is 22.2 Å². The van der Waals surface area contributed by atoms with Crippen LogP contribution in [0.4, 0.5) is 0 Å². The fraction of sp³-hybridized carbons (Fsp3) is 0.267. The van der Waals surface area contributed by atoms with Crippen LogP contribution in [0, 0.1) is 0 Å². The summed E-state index contributed by atoms with van der Waals surface area (Å²) in [6.45, 7) is 6.95. The van der Waals surface area contributed by atoms with Crippen molar-refractivity contribution in [2.45, 2.75) is 52.6 Å². The van der Waals surface area contributed by atoms with E-state index in [9.17, 15) is 19.2 Å². The highest BCUT2D eigenvalue weighted by Crippen LogP contribution is 2.14. The van der Waals surface area contributed by atoms with E-state index < -0.39 is 0 Å². The first-order valence-electron chi connectivity index (χ1n) is 25.7. The molecule has 1 fully saturated rings. The maximum atomic E-state index is 13.5. The Morgan fingerprint density at radius 3 is 0.645 bits per heavy atom. The molecule has 0 amide bonds. The highest BCUT2D eigenvalue weighted by atomic mass is 16.7. The van der Waals surface area contributed by atoms with Crippen molar-refractivity contribution >= 4 is 0 Å². The van der Waals surface area contributed by atoms with Crippen molar-refractivity contribution in [3.05, 3.63) is 281 Å². The summed E-state index contributed by atoms with van der Waals surface area (Å²) < 4.78 is 5.57. The minimum Gasteiger partial charge on any atom is -0.406 e. The minimum absolute atomic E-state index is 0.213. The van der Waals surface area contributed by atoms with Gasteiger partial charge in [0.2, 0.25) is 0 Å². The number of rotatable bonds is 20. The lowest BCUT2D eigenvalue weighted by atomic mass is 10.2. The molecule has 4 aromatic carbocycles. The van der Waals surface area contributed by atoms with E-state index in [1.54, 1.807) is 24.3 Å². The number of hydrogen-bond acceptors (Lipinski definition) is 12. The second-order valence-electron chi connectivity index (χ2n) is 18.7. The van der Waals surface area contributed by atoms with Crippen LogP contribution < -0.4 is 41.6 Å². The molecule has 0 saturated carbocycles. The van der Waals surface area contributed by atoms with Gasteiger partial charge in [0.15, 0.2) is 0 Å². The Balaban J connectivity index is 1.03. The summed E-state index contributed by atoms with van der Waals surface area (Å²) in [5, 5.41) is 0. The summed E-state index contributed by atoms with van der Waals surface area (Å²) >= 11 is 0. The highest BCUT2D eigenvalue weighted by Gasteiger charge is 2.22. The molecular formula is C60H64N8O8. The van der Waals surface area contributed by atoms with Crippen molar-refractivity contribution in [2.75, 3.05) is 52.4 Å². The molecule has 1 saturated heterocycles. The lowest BCUT2D eigenvalue weighted by Crippen LogP contribution is -2.47. The number of pyridine rings is 4. The number of aromatic nitrogens is 4. The van der Waals surface area contributed by atoms with Gasteiger partial charge in [-0.25, -0.2) is 0 Å². The van der Waals surface area contributed by atoms with E-state index in [1.807, 2.05) is 146 Å². The zero-order valence-corrected chi connectivity index (χ0v) is 42.6. The fourth-order valence-corrected chi connectivity index (χ4v) is 9.11. The van der Waals surface area contributed by atoms with Crippen molar-refractivity contribution in [3.8, 4) is 0 Å². The van der Waals surface area contributed by atoms with Gasteiger partial charge >= 0.3 is 0 Å². The van der Waals surface area contributed by atoms with Gasteiger partial charge in [0.1, 0.15) is 26.4 Å². The first kappa shape index (κ1) is 52.6. The van der Waals surface area contributed by atoms with Crippen molar-refractivity contribution in [1.29, 1.82) is 0 Å². The Morgan fingerprint density at radius 1 is 0.250 bits per heavy atom. The highest BCUT2D eigenvalue weighted by molar-refractivity contribution is 5.17. The standard InChI is InChI=1S/C60H64N8O8/c69-57-29-13-25-53(65(57)73-45-49-17-5-1-6-18-49)41-61-33-35-62(42-54-26-14-30-58(70)66(54)74-46-50-19-7-2-8-20-50)37-39-64(44-56-28-16-32-60(72)68(56)76-48-52-23-11-4-12-24-52)40-38-63(36-34-61)43-55-27-15-31-59(71)67(55)75-47-51-21-9-3-10-22-51/h1-32H,33-48H2. The van der Waals surface area contributed by atoms with Gasteiger partial charge in [-0.3, -0.25) is 38.8 Å². The smallest absolute Gasteiger partial charge is 0.283 e. The van der Waals surface area contributed by atoms with Crippen molar-refractivity contribution in [3.63, 3.8) is 0 Å². The SMILES string of the molecule is O=c1cccc(CN2CCN(Cc3cccc(=O)n3OCc3ccccc3)CCN(Cc3cccc(=O)n3OCc3ccccc3)CCN(Cc3cccc(=O)n3OCc3ccccc3)CC2)n1OCc1ccccc1. The topological polar surface area (TPSA) is 138 Å². The normalized spacial score (nSPS) is 14.3. The number of hydrogen-bond donors (Lipinski definition) is 0. The molecule has 0 radical (unpaired) electrons. The van der Waals surface area contributed by atoms with Crippen LogP contribution in [0.15, 0.2) is 213 Å². The van der Waals surface area contributed by atoms with E-state index in [1.165, 1.54) is 43.2 Å². The summed E-state index contributed by atoms with van der Waals surface area (Å²) in [6.07, 6.45) is 0. The van der Waals surface area contributed by atoms with Crippen LogP contribution in [0.5, 0.6) is 0 Å². The van der Waals surface area contributed by atoms with Crippen LogP contribution in [0.2, 0.25) is 0 Å². The average Bonchev–Trinajstić information content (AvgIpc) is 3.44. The number of nitrogens with zero attached hydrogens (tertiary/aromatic N) is 8. The summed E-state index contributed by atoms with van der Waals surface area (Å²) in [5.41, 5.74) is 5.45. The molecule has 16 nitrogen and oxygen atoms in total. The summed E-state index contributed by atoms with van der Waals surface area (Å²) in [4.78, 5) is 88.3. The molecule has 5 heterocycles. The molecule has 1 aliphatic rings. The van der Waals surface area contributed by atoms with Gasteiger partial charge in [-0.05, 0) is 46.5 Å². The summed E-state index contributed by atoms with van der Waals surface area (Å²) in [5.74, 6) is 0. The largest absolute Gasteiger partial charge is 0.406 e. The molecule has 1 aliphatic heterocycles. The first-order chi connectivity index (χ1) is 37.3. The monoisotopic (exact) mass is 1020 g/mol. The summed E-state index contributed by atoms with van der Waals surface area (Å²) in [6, 6.07) is 59.7. The summed E-state index contributed by atoms with van der Waals surface area (Å²) in [7, 11) is 0. The second-order valence-corrected chi connectivity index (χ2v) is 18.7. The van der Waals surface area contributed by atoms with Crippen LogP contribution in [0.3, 0.4) is 0 Å². The van der Waals surface area contributed by atoms with E-state index in [4.69, 9.17) is 19.4 Å². The lowest BCUT2D eigenvalue weighted by Gasteiger charge is -2.35. The lowest BCUT2D eigenvalue weighted by molar-refractivity contribution is 0.0594. The third-order valence-electron chi connectivity index (χ3n) is 13.2. The quantitative estimate of drug-likeness (QED) is 0.0997. The van der Waals surface area contributed by atoms with Gasteiger partial charge in [0.05, 0.1) is 22.8 Å². The third-order valence-corrected chi connectivity index (χ3v) is 13.2. The average molecular weight is 1030 g/mol. The zero-order valence-electron chi connectivity index (χ0n) is 42.6. The number of benzene rings is 4. The predicted octanol–water partition coefficient (Wildman–Crippen LogP) is 5.17. The maximum Gasteiger partial charge on any atom is 0.283 e. The minimum atomic E-state index is -0.268. The Bertz CT molecular complexity index is 2860. The van der Waals surface area contributed by atoms with E-state index in [0.29, 0.717) is 101 Å². The van der Waals surface area contributed by atoms with E-state index >= 15 is 0 Å². The molecule has 0 unspecified atom stereocenters. The van der Waals surface area contributed by atoms with E-state index in [0.717, 1.165) is 22.3 Å². The molecule has 0 N–H and O–H groups in total. The third kappa shape index (κ3) is 14.9. The van der Waals surface area contributed by atoms with Crippen LogP contribution >= 0.6 is 0 Å². The molecule has 16 heteroatoms. The molecule has 9 rings (SSSR count). The Kier molecular flexibility index (Phi) is 18.5. The van der Waals surface area contributed by atoms with Gasteiger partial charge in [-0.1, -0.05) is 146 Å². The maximum absolute atomic E-state index is 13.5. The Hall–Kier alpha value is -8.28. The van der Waals surface area contributed by atoms with Crippen LogP contribution in [0.25, 0.3) is 0 Å².